The van der Waals surface area contributed by atoms with E-state index >= 15 is 0 Å². The average Bonchev–Trinajstić information content (AvgIpc) is 3.04. The number of para-hydroxylation sites is 1. The van der Waals surface area contributed by atoms with Gasteiger partial charge in [0.05, 0.1) is 17.3 Å². The third kappa shape index (κ3) is 6.03. The maximum atomic E-state index is 12.2. The van der Waals surface area contributed by atoms with Crippen LogP contribution in [0.2, 0.25) is 5.02 Å². The molecule has 0 aliphatic carbocycles. The number of aryl methyl sites for hydroxylation is 2. The number of aromatic nitrogens is 2. The number of halogens is 1. The van der Waals surface area contributed by atoms with Gasteiger partial charge in [-0.3, -0.25) is 4.79 Å². The standard InChI is InChI=1S/C17H22ClN3O4/c1-3-5-14-20-16(25-21-14)9-8-15(22)19-13-7-4-6-12(18)17(13)24-11-10-23-2/h4,6-7H,3,5,8-11H2,1-2H3,(H,19,22). The number of carbonyl (C=O) groups excluding carboxylic acids is 1. The fourth-order valence-corrected chi connectivity index (χ4v) is 2.36. The molecule has 2 aromatic rings. The van der Waals surface area contributed by atoms with Crippen molar-refractivity contribution in [3.05, 3.63) is 34.9 Å². The number of hydrogen-bond donors (Lipinski definition) is 1. The molecule has 136 valence electrons. The van der Waals surface area contributed by atoms with E-state index in [1.165, 1.54) is 0 Å². The molecule has 0 spiro atoms. The molecule has 1 N–H and O–H groups in total. The third-order valence-corrected chi connectivity index (χ3v) is 3.62. The lowest BCUT2D eigenvalue weighted by atomic mass is 10.2. The van der Waals surface area contributed by atoms with Crippen LogP contribution in [0.4, 0.5) is 5.69 Å². The van der Waals surface area contributed by atoms with Gasteiger partial charge in [-0.2, -0.15) is 4.98 Å². The number of ether oxygens (including phenoxy) is 2. The molecule has 2 rings (SSSR count). The molecule has 8 heteroatoms. The summed E-state index contributed by atoms with van der Waals surface area (Å²) in [5.41, 5.74) is 0.519. The smallest absolute Gasteiger partial charge is 0.227 e. The van der Waals surface area contributed by atoms with Gasteiger partial charge in [0.15, 0.2) is 11.6 Å². The number of nitrogens with one attached hydrogen (secondary N) is 1. The van der Waals surface area contributed by atoms with Gasteiger partial charge in [-0.25, -0.2) is 0 Å². The average molecular weight is 368 g/mol. The Labute approximate surface area is 151 Å². The highest BCUT2D eigenvalue weighted by molar-refractivity contribution is 6.32. The van der Waals surface area contributed by atoms with Crippen LogP contribution in [-0.2, 0) is 22.4 Å². The Morgan fingerprint density at radius 2 is 2.16 bits per heavy atom. The van der Waals surface area contributed by atoms with Crippen LogP contribution in [0.1, 0.15) is 31.5 Å². The number of anilines is 1. The molecule has 0 unspecified atom stereocenters. The monoisotopic (exact) mass is 367 g/mol. The van der Waals surface area contributed by atoms with Gasteiger partial charge in [0.25, 0.3) is 0 Å². The number of amides is 1. The second kappa shape index (κ2) is 10.0. The highest BCUT2D eigenvalue weighted by atomic mass is 35.5. The molecule has 7 nitrogen and oxygen atoms in total. The molecule has 1 aromatic heterocycles. The van der Waals surface area contributed by atoms with Crippen LogP contribution in [0.5, 0.6) is 5.75 Å². The number of methoxy groups -OCH3 is 1. The summed E-state index contributed by atoms with van der Waals surface area (Å²) < 4.78 is 15.7. The first-order chi connectivity index (χ1) is 12.1. The molecular weight excluding hydrogens is 346 g/mol. The van der Waals surface area contributed by atoms with Gasteiger partial charge in [0, 0.05) is 26.4 Å². The SMILES string of the molecule is CCCc1noc(CCC(=O)Nc2cccc(Cl)c2OCCOC)n1. The van der Waals surface area contributed by atoms with Gasteiger partial charge in [-0.1, -0.05) is 29.7 Å². The molecule has 0 bridgehead atoms. The molecule has 1 amide bonds. The number of rotatable bonds is 10. The van der Waals surface area contributed by atoms with E-state index in [-0.39, 0.29) is 12.3 Å². The Kier molecular flexibility index (Phi) is 7.69. The first-order valence-electron chi connectivity index (χ1n) is 8.15. The molecule has 0 radical (unpaired) electrons. The van der Waals surface area contributed by atoms with Crippen molar-refractivity contribution in [2.75, 3.05) is 25.6 Å². The zero-order valence-corrected chi connectivity index (χ0v) is 15.1. The van der Waals surface area contributed by atoms with E-state index in [1.54, 1.807) is 25.3 Å². The molecular formula is C17H22ClN3O4. The van der Waals surface area contributed by atoms with Gasteiger partial charge in [-0.05, 0) is 18.6 Å². The minimum atomic E-state index is -0.186. The summed E-state index contributed by atoms with van der Waals surface area (Å²) in [7, 11) is 1.59. The maximum absolute atomic E-state index is 12.2. The molecule has 1 aromatic carbocycles. The Hall–Kier alpha value is -2.12. The highest BCUT2D eigenvalue weighted by Crippen LogP contribution is 2.33. The van der Waals surface area contributed by atoms with Crippen LogP contribution in [0.3, 0.4) is 0 Å². The zero-order chi connectivity index (χ0) is 18.1. The first-order valence-corrected chi connectivity index (χ1v) is 8.53. The van der Waals surface area contributed by atoms with E-state index in [4.69, 9.17) is 25.6 Å². The minimum Gasteiger partial charge on any atom is -0.487 e. The molecule has 0 saturated carbocycles. The molecule has 1 heterocycles. The van der Waals surface area contributed by atoms with Gasteiger partial charge in [-0.15, -0.1) is 0 Å². The number of nitrogens with zero attached hydrogens (tertiary/aromatic N) is 2. The van der Waals surface area contributed by atoms with Gasteiger partial charge in [0.1, 0.15) is 6.61 Å². The van der Waals surface area contributed by atoms with Gasteiger partial charge >= 0.3 is 0 Å². The van der Waals surface area contributed by atoms with E-state index in [0.717, 1.165) is 12.8 Å². The number of hydrogen-bond acceptors (Lipinski definition) is 6. The Morgan fingerprint density at radius 1 is 1.32 bits per heavy atom. The lowest BCUT2D eigenvalue weighted by Gasteiger charge is -2.13. The molecule has 0 aliphatic heterocycles. The number of carbonyl (C=O) groups is 1. The van der Waals surface area contributed by atoms with E-state index in [9.17, 15) is 4.79 Å². The van der Waals surface area contributed by atoms with Crippen molar-refractivity contribution >= 4 is 23.2 Å². The topological polar surface area (TPSA) is 86.5 Å². The fourth-order valence-electron chi connectivity index (χ4n) is 2.13. The zero-order valence-electron chi connectivity index (χ0n) is 14.4. The highest BCUT2D eigenvalue weighted by Gasteiger charge is 2.13. The quantitative estimate of drug-likeness (QED) is 0.648. The maximum Gasteiger partial charge on any atom is 0.227 e. The Morgan fingerprint density at radius 3 is 2.92 bits per heavy atom. The van der Waals surface area contributed by atoms with Crippen LogP contribution < -0.4 is 10.1 Å². The summed E-state index contributed by atoms with van der Waals surface area (Å²) in [5.74, 6) is 1.37. The van der Waals surface area contributed by atoms with E-state index < -0.39 is 0 Å². The molecule has 0 fully saturated rings. The molecule has 0 aliphatic rings. The van der Waals surface area contributed by atoms with Crippen LogP contribution >= 0.6 is 11.6 Å². The van der Waals surface area contributed by atoms with Crippen LogP contribution in [-0.4, -0.2) is 36.4 Å². The summed E-state index contributed by atoms with van der Waals surface area (Å²) in [4.78, 5) is 16.4. The molecule has 0 atom stereocenters. The van der Waals surface area contributed by atoms with Crippen molar-refractivity contribution in [2.45, 2.75) is 32.6 Å². The largest absolute Gasteiger partial charge is 0.487 e. The van der Waals surface area contributed by atoms with Crippen molar-refractivity contribution in [3.8, 4) is 5.75 Å². The van der Waals surface area contributed by atoms with Crippen molar-refractivity contribution < 1.29 is 18.8 Å². The van der Waals surface area contributed by atoms with E-state index in [2.05, 4.69) is 15.5 Å². The third-order valence-electron chi connectivity index (χ3n) is 3.32. The summed E-state index contributed by atoms with van der Waals surface area (Å²) in [6.07, 6.45) is 2.31. The predicted octanol–water partition coefficient (Wildman–Crippen LogP) is 3.27. The second-order valence-corrected chi connectivity index (χ2v) is 5.77. The van der Waals surface area contributed by atoms with Crippen molar-refractivity contribution in [1.29, 1.82) is 0 Å². The lowest BCUT2D eigenvalue weighted by molar-refractivity contribution is -0.116. The normalized spacial score (nSPS) is 10.7. The van der Waals surface area contributed by atoms with Crippen molar-refractivity contribution in [3.63, 3.8) is 0 Å². The van der Waals surface area contributed by atoms with E-state index in [0.29, 0.717) is 47.8 Å². The lowest BCUT2D eigenvalue weighted by Crippen LogP contribution is -2.14. The van der Waals surface area contributed by atoms with Crippen LogP contribution in [0.25, 0.3) is 0 Å². The first kappa shape index (κ1) is 19.2. The fraction of sp³-hybridized carbons (Fsp3) is 0.471. The van der Waals surface area contributed by atoms with Crippen molar-refractivity contribution in [1.82, 2.24) is 10.1 Å². The summed E-state index contributed by atoms with van der Waals surface area (Å²) in [6.45, 7) is 2.81. The summed E-state index contributed by atoms with van der Waals surface area (Å²) in [6, 6.07) is 5.18. The Bertz CT molecular complexity index is 690. The van der Waals surface area contributed by atoms with Gasteiger partial charge < -0.3 is 19.3 Å². The van der Waals surface area contributed by atoms with E-state index in [1.807, 2.05) is 6.92 Å². The predicted molar refractivity (Wildman–Crippen MR) is 94.1 cm³/mol. The second-order valence-electron chi connectivity index (χ2n) is 5.36. The van der Waals surface area contributed by atoms with Crippen LogP contribution in [0, 0.1) is 0 Å². The summed E-state index contributed by atoms with van der Waals surface area (Å²) >= 11 is 6.15. The molecule has 0 saturated heterocycles. The van der Waals surface area contributed by atoms with Crippen LogP contribution in [0.15, 0.2) is 22.7 Å². The summed E-state index contributed by atoms with van der Waals surface area (Å²) in [5, 5.41) is 7.10. The van der Waals surface area contributed by atoms with Gasteiger partial charge in [0.2, 0.25) is 11.8 Å². The minimum absolute atomic E-state index is 0.186. The Balaban J connectivity index is 1.91. The molecule has 25 heavy (non-hydrogen) atoms. The number of benzene rings is 1. The van der Waals surface area contributed by atoms with Crippen molar-refractivity contribution in [2.24, 2.45) is 0 Å².